The summed E-state index contributed by atoms with van der Waals surface area (Å²) in [6.07, 6.45) is 6.34. The molecule has 0 saturated heterocycles. The summed E-state index contributed by atoms with van der Waals surface area (Å²) in [5.41, 5.74) is 0. The van der Waals surface area contributed by atoms with Crippen LogP contribution in [0.2, 0.25) is 0 Å². The summed E-state index contributed by atoms with van der Waals surface area (Å²) in [6.45, 7) is 5.85. The van der Waals surface area contributed by atoms with Gasteiger partial charge in [-0.05, 0) is 12.8 Å². The van der Waals surface area contributed by atoms with Crippen molar-refractivity contribution in [3.8, 4) is 0 Å². The van der Waals surface area contributed by atoms with Crippen molar-refractivity contribution in [2.45, 2.75) is 32.1 Å². The number of nitrogens with zero attached hydrogens (tertiary/aromatic N) is 2. The van der Waals surface area contributed by atoms with Crippen LogP contribution in [-0.4, -0.2) is 51.2 Å². The first kappa shape index (κ1) is 14.0. The van der Waals surface area contributed by atoms with Crippen molar-refractivity contribution in [2.24, 2.45) is 9.98 Å². The highest BCUT2D eigenvalue weighted by Gasteiger charge is 2.03. The maximum absolute atomic E-state index is 4.30. The van der Waals surface area contributed by atoms with Crippen LogP contribution in [0.1, 0.15) is 32.1 Å². The van der Waals surface area contributed by atoms with Gasteiger partial charge in [-0.3, -0.25) is 9.98 Å². The van der Waals surface area contributed by atoms with Crippen molar-refractivity contribution in [1.82, 2.24) is 21.3 Å². The second-order valence-corrected chi connectivity index (χ2v) is 4.94. The topological polar surface area (TPSA) is 72.8 Å². The molecule has 0 spiro atoms. The van der Waals surface area contributed by atoms with Crippen molar-refractivity contribution in [1.29, 1.82) is 0 Å². The second kappa shape index (κ2) is 8.61. The van der Waals surface area contributed by atoms with Gasteiger partial charge in [0, 0.05) is 26.2 Å². The molecule has 0 aromatic heterocycles. The highest BCUT2D eigenvalue weighted by atomic mass is 15.2. The predicted molar refractivity (Wildman–Crippen MR) is 79.7 cm³/mol. The lowest BCUT2D eigenvalue weighted by atomic mass is 10.1. The van der Waals surface area contributed by atoms with Gasteiger partial charge in [-0.1, -0.05) is 19.3 Å². The van der Waals surface area contributed by atoms with Gasteiger partial charge in [-0.25, -0.2) is 0 Å². The van der Waals surface area contributed by atoms with E-state index in [9.17, 15) is 0 Å². The fraction of sp³-hybridized carbons (Fsp3) is 0.846. The molecule has 0 amide bonds. The monoisotopic (exact) mass is 266 g/mol. The van der Waals surface area contributed by atoms with Crippen LogP contribution in [0, 0.1) is 0 Å². The molecule has 0 aliphatic carbocycles. The van der Waals surface area contributed by atoms with E-state index < -0.39 is 0 Å². The van der Waals surface area contributed by atoms with Gasteiger partial charge in [0.25, 0.3) is 0 Å². The summed E-state index contributed by atoms with van der Waals surface area (Å²) >= 11 is 0. The van der Waals surface area contributed by atoms with Crippen LogP contribution >= 0.6 is 0 Å². The van der Waals surface area contributed by atoms with E-state index in [4.69, 9.17) is 0 Å². The van der Waals surface area contributed by atoms with Crippen LogP contribution in [0.15, 0.2) is 9.98 Å². The zero-order valence-corrected chi connectivity index (χ0v) is 11.7. The minimum absolute atomic E-state index is 0.912. The van der Waals surface area contributed by atoms with Gasteiger partial charge in [-0.15, -0.1) is 0 Å². The molecule has 0 unspecified atom stereocenters. The zero-order valence-electron chi connectivity index (χ0n) is 11.7. The van der Waals surface area contributed by atoms with E-state index in [0.29, 0.717) is 0 Å². The maximum atomic E-state index is 4.30. The highest BCUT2D eigenvalue weighted by Crippen LogP contribution is 2.01. The van der Waals surface area contributed by atoms with E-state index in [1.54, 1.807) is 0 Å². The third-order valence-electron chi connectivity index (χ3n) is 3.29. The lowest BCUT2D eigenvalue weighted by Crippen LogP contribution is -2.34. The van der Waals surface area contributed by atoms with Crippen molar-refractivity contribution in [2.75, 3.05) is 39.3 Å². The van der Waals surface area contributed by atoms with Gasteiger partial charge < -0.3 is 21.3 Å². The largest absolute Gasteiger partial charge is 0.356 e. The number of hydrogen-bond donors (Lipinski definition) is 4. The average molecular weight is 266 g/mol. The number of nitrogens with one attached hydrogen (secondary N) is 4. The van der Waals surface area contributed by atoms with Gasteiger partial charge >= 0.3 is 0 Å². The molecule has 6 heteroatoms. The Kier molecular flexibility index (Phi) is 6.33. The molecule has 0 saturated carbocycles. The average Bonchev–Trinajstić information content (AvgIpc) is 3.10. The molecule has 0 radical (unpaired) electrons. The first-order chi connectivity index (χ1) is 9.45. The smallest absolute Gasteiger partial charge is 0.191 e. The molecule has 0 fully saturated rings. The minimum Gasteiger partial charge on any atom is -0.356 e. The van der Waals surface area contributed by atoms with Gasteiger partial charge in [-0.2, -0.15) is 0 Å². The fourth-order valence-electron chi connectivity index (χ4n) is 2.23. The van der Waals surface area contributed by atoms with E-state index in [1.165, 1.54) is 32.1 Å². The Morgan fingerprint density at radius 2 is 1.21 bits per heavy atom. The molecule has 108 valence electrons. The van der Waals surface area contributed by atoms with E-state index in [2.05, 4.69) is 31.3 Å². The van der Waals surface area contributed by atoms with Crippen LogP contribution < -0.4 is 21.3 Å². The van der Waals surface area contributed by atoms with Crippen molar-refractivity contribution >= 4 is 11.9 Å². The number of hydrogen-bond acceptors (Lipinski definition) is 6. The molecule has 0 aromatic rings. The molecule has 0 aromatic carbocycles. The molecule has 2 aliphatic heterocycles. The molecular formula is C13H26N6. The van der Waals surface area contributed by atoms with Crippen molar-refractivity contribution in [3.05, 3.63) is 0 Å². The molecule has 4 N–H and O–H groups in total. The number of unbranched alkanes of at least 4 members (excludes halogenated alkanes) is 4. The molecular weight excluding hydrogens is 240 g/mol. The number of aliphatic imine (C=N–C) groups is 2. The van der Waals surface area contributed by atoms with Crippen LogP contribution in [0.4, 0.5) is 0 Å². The summed E-state index contributed by atoms with van der Waals surface area (Å²) in [5.74, 6) is 1.96. The lowest BCUT2D eigenvalue weighted by molar-refractivity contribution is 0.600. The Balaban J connectivity index is 1.32. The van der Waals surface area contributed by atoms with Gasteiger partial charge in [0.2, 0.25) is 0 Å². The molecule has 2 rings (SSSR count). The maximum Gasteiger partial charge on any atom is 0.191 e. The molecule has 0 bridgehead atoms. The van der Waals surface area contributed by atoms with E-state index in [-0.39, 0.29) is 0 Å². The van der Waals surface area contributed by atoms with Crippen molar-refractivity contribution < 1.29 is 0 Å². The normalized spacial score (nSPS) is 17.5. The summed E-state index contributed by atoms with van der Waals surface area (Å²) in [7, 11) is 0. The molecule has 19 heavy (non-hydrogen) atoms. The molecule has 0 atom stereocenters. The molecule has 2 heterocycles. The van der Waals surface area contributed by atoms with E-state index in [1.807, 2.05) is 0 Å². The Morgan fingerprint density at radius 3 is 1.63 bits per heavy atom. The van der Waals surface area contributed by atoms with Crippen molar-refractivity contribution in [3.63, 3.8) is 0 Å². The summed E-state index contributed by atoms with van der Waals surface area (Å²) < 4.78 is 0. The van der Waals surface area contributed by atoms with Gasteiger partial charge in [0.1, 0.15) is 0 Å². The minimum atomic E-state index is 0.912. The van der Waals surface area contributed by atoms with Gasteiger partial charge in [0.15, 0.2) is 11.9 Å². The highest BCUT2D eigenvalue weighted by molar-refractivity contribution is 5.81. The predicted octanol–water partition coefficient (Wildman–Crippen LogP) is 0.0345. The summed E-state index contributed by atoms with van der Waals surface area (Å²) in [5, 5.41) is 13.1. The molecule has 2 aliphatic rings. The summed E-state index contributed by atoms with van der Waals surface area (Å²) in [6, 6.07) is 0. The number of guanidine groups is 2. The van der Waals surface area contributed by atoms with E-state index >= 15 is 0 Å². The Bertz CT molecular complexity index is 282. The zero-order chi connectivity index (χ0) is 13.2. The van der Waals surface area contributed by atoms with Crippen LogP contribution in [-0.2, 0) is 0 Å². The molecule has 6 nitrogen and oxygen atoms in total. The third kappa shape index (κ3) is 5.81. The first-order valence-electron chi connectivity index (χ1n) is 7.49. The Morgan fingerprint density at radius 1 is 0.737 bits per heavy atom. The Hall–Kier alpha value is -1.46. The fourth-order valence-corrected chi connectivity index (χ4v) is 2.23. The first-order valence-corrected chi connectivity index (χ1v) is 7.49. The standard InChI is InChI=1S/C13H26N6/c1(2-4-6-14-12-16-8-9-17-12)3-5-7-15-13-18-10-11-19-13/h1-11H2,(H2,14,16,17)(H2,15,18,19). The second-order valence-electron chi connectivity index (χ2n) is 4.94. The Labute approximate surface area is 115 Å². The van der Waals surface area contributed by atoms with Crippen LogP contribution in [0.5, 0.6) is 0 Å². The third-order valence-corrected chi connectivity index (χ3v) is 3.29. The van der Waals surface area contributed by atoms with Gasteiger partial charge in [0.05, 0.1) is 13.1 Å². The lowest BCUT2D eigenvalue weighted by Gasteiger charge is -2.07. The number of rotatable bonds is 8. The van der Waals surface area contributed by atoms with E-state index in [0.717, 1.165) is 51.2 Å². The SMILES string of the molecule is C(CCCNC1=NCCN1)CCCNC1=NCCN1. The van der Waals surface area contributed by atoms with Crippen LogP contribution in [0.25, 0.3) is 0 Å². The summed E-state index contributed by atoms with van der Waals surface area (Å²) in [4.78, 5) is 8.60. The quantitative estimate of drug-likeness (QED) is 0.468. The van der Waals surface area contributed by atoms with Crippen LogP contribution in [0.3, 0.4) is 0 Å².